The fourth-order valence-corrected chi connectivity index (χ4v) is 5.68. The van der Waals surface area contributed by atoms with Gasteiger partial charge in [0.1, 0.15) is 22.8 Å². The van der Waals surface area contributed by atoms with Crippen molar-refractivity contribution in [3.05, 3.63) is 48.4 Å². The second kappa shape index (κ2) is 7.73. The van der Waals surface area contributed by atoms with Gasteiger partial charge in [0.25, 0.3) is 0 Å². The number of aliphatic hydroxyl groups is 1. The van der Waals surface area contributed by atoms with Crippen LogP contribution in [0.3, 0.4) is 0 Å². The molecule has 2 aromatic carbocycles. The molecule has 2 unspecified atom stereocenters. The first-order valence-corrected chi connectivity index (χ1v) is 12.1. The number of nitrogens with one attached hydrogen (secondary N) is 1. The van der Waals surface area contributed by atoms with Crippen LogP contribution in [0, 0.1) is 5.82 Å². The highest BCUT2D eigenvalue weighted by Crippen LogP contribution is 2.38. The molecule has 0 amide bonds. The minimum absolute atomic E-state index is 0.0509. The van der Waals surface area contributed by atoms with Gasteiger partial charge in [0, 0.05) is 50.0 Å². The van der Waals surface area contributed by atoms with Crippen LogP contribution in [0.25, 0.3) is 32.9 Å². The van der Waals surface area contributed by atoms with Crippen molar-refractivity contribution in [2.75, 3.05) is 36.0 Å². The van der Waals surface area contributed by atoms with Crippen LogP contribution in [0.15, 0.2) is 42.6 Å². The van der Waals surface area contributed by atoms with Gasteiger partial charge in [0.2, 0.25) is 5.95 Å². The molecule has 3 aliphatic heterocycles. The summed E-state index contributed by atoms with van der Waals surface area (Å²) in [6.07, 6.45) is 3.47. The molecule has 0 radical (unpaired) electrons. The van der Waals surface area contributed by atoms with Gasteiger partial charge in [-0.15, -0.1) is 0 Å². The van der Waals surface area contributed by atoms with Crippen molar-refractivity contribution in [1.82, 2.24) is 20.3 Å². The van der Waals surface area contributed by atoms with Gasteiger partial charge in [0.05, 0.1) is 11.5 Å². The van der Waals surface area contributed by atoms with Crippen molar-refractivity contribution in [2.45, 2.75) is 31.0 Å². The van der Waals surface area contributed by atoms with Crippen LogP contribution in [0.4, 0.5) is 16.2 Å². The molecule has 3 fully saturated rings. The molecule has 3 N–H and O–H groups in total. The van der Waals surface area contributed by atoms with Crippen LogP contribution in [-0.4, -0.2) is 69.5 Å². The third-order valence-corrected chi connectivity index (χ3v) is 7.42. The SMILES string of the molecule is Oc1cc(-c2ncc3c(N4CC5CCC(C4)N5)nc(N4CC(O)C4)nc3c2F)c2ccccc2c1. The number of phenolic OH excluding ortho intramolecular Hbond substituents is 1. The van der Waals surface area contributed by atoms with Gasteiger partial charge in [-0.1, -0.05) is 24.3 Å². The summed E-state index contributed by atoms with van der Waals surface area (Å²) in [7, 11) is 0. The number of anilines is 2. The third-order valence-electron chi connectivity index (χ3n) is 7.42. The molecule has 178 valence electrons. The van der Waals surface area contributed by atoms with E-state index in [0.717, 1.165) is 36.7 Å². The van der Waals surface area contributed by atoms with E-state index >= 15 is 4.39 Å². The molecule has 3 saturated heterocycles. The molecular formula is C26H25FN6O2. The van der Waals surface area contributed by atoms with Gasteiger partial charge in [-0.25, -0.2) is 9.37 Å². The van der Waals surface area contributed by atoms with Crippen molar-refractivity contribution in [3.8, 4) is 17.0 Å². The molecule has 2 aromatic heterocycles. The topological polar surface area (TPSA) is 97.6 Å². The van der Waals surface area contributed by atoms with Crippen molar-refractivity contribution in [1.29, 1.82) is 0 Å². The quantitative estimate of drug-likeness (QED) is 0.419. The maximum Gasteiger partial charge on any atom is 0.228 e. The zero-order valence-corrected chi connectivity index (χ0v) is 19.0. The summed E-state index contributed by atoms with van der Waals surface area (Å²) in [6.45, 7) is 2.44. The predicted molar refractivity (Wildman–Crippen MR) is 132 cm³/mol. The van der Waals surface area contributed by atoms with E-state index in [1.54, 1.807) is 18.3 Å². The molecule has 4 aromatic rings. The second-order valence-electron chi connectivity index (χ2n) is 9.85. The highest BCUT2D eigenvalue weighted by atomic mass is 19.1. The van der Waals surface area contributed by atoms with E-state index in [1.807, 2.05) is 29.2 Å². The van der Waals surface area contributed by atoms with Crippen LogP contribution in [0.5, 0.6) is 5.75 Å². The maximum atomic E-state index is 16.2. The zero-order chi connectivity index (χ0) is 23.7. The Morgan fingerprint density at radius 3 is 2.49 bits per heavy atom. The van der Waals surface area contributed by atoms with E-state index in [1.165, 1.54) is 0 Å². The zero-order valence-electron chi connectivity index (χ0n) is 19.0. The fourth-order valence-electron chi connectivity index (χ4n) is 5.68. The lowest BCUT2D eigenvalue weighted by Crippen LogP contribution is -2.53. The Morgan fingerprint density at radius 2 is 1.71 bits per heavy atom. The molecule has 0 saturated carbocycles. The summed E-state index contributed by atoms with van der Waals surface area (Å²) < 4.78 is 16.2. The molecule has 8 nitrogen and oxygen atoms in total. The van der Waals surface area contributed by atoms with Crippen LogP contribution >= 0.6 is 0 Å². The number of β-amino-alcohol motifs (C(OH)–C–C–N with tert-alkyl or cyclic N) is 1. The summed E-state index contributed by atoms with van der Waals surface area (Å²) in [5.41, 5.74) is 0.861. The van der Waals surface area contributed by atoms with Gasteiger partial charge in [0.15, 0.2) is 5.82 Å². The number of hydrogen-bond donors (Lipinski definition) is 3. The first-order valence-electron chi connectivity index (χ1n) is 12.1. The van der Waals surface area contributed by atoms with Gasteiger partial charge >= 0.3 is 0 Å². The van der Waals surface area contributed by atoms with Crippen LogP contribution < -0.4 is 15.1 Å². The summed E-state index contributed by atoms with van der Waals surface area (Å²) in [6, 6.07) is 11.5. The van der Waals surface area contributed by atoms with E-state index in [9.17, 15) is 10.2 Å². The van der Waals surface area contributed by atoms with E-state index in [2.05, 4.69) is 20.2 Å². The molecule has 5 heterocycles. The van der Waals surface area contributed by atoms with Gasteiger partial charge in [-0.2, -0.15) is 4.98 Å². The van der Waals surface area contributed by atoms with E-state index in [4.69, 9.17) is 4.98 Å². The number of aromatic hydroxyl groups is 1. The van der Waals surface area contributed by atoms with Crippen LogP contribution in [0.2, 0.25) is 0 Å². The first-order chi connectivity index (χ1) is 17.0. The summed E-state index contributed by atoms with van der Waals surface area (Å²) in [4.78, 5) is 18.1. The van der Waals surface area contributed by atoms with E-state index < -0.39 is 11.9 Å². The Balaban J connectivity index is 1.43. The smallest absolute Gasteiger partial charge is 0.228 e. The summed E-state index contributed by atoms with van der Waals surface area (Å²) >= 11 is 0. The lowest BCUT2D eigenvalue weighted by atomic mass is 10.00. The van der Waals surface area contributed by atoms with Crippen molar-refractivity contribution >= 4 is 33.4 Å². The normalized spacial score (nSPS) is 22.2. The lowest BCUT2D eigenvalue weighted by molar-refractivity contribution is 0.140. The Hall–Kier alpha value is -3.56. The number of pyridine rings is 1. The first kappa shape index (κ1) is 20.8. The Labute approximate surface area is 201 Å². The number of hydrogen-bond acceptors (Lipinski definition) is 8. The number of fused-ring (bicyclic) bond motifs is 4. The molecule has 7 rings (SSSR count). The monoisotopic (exact) mass is 472 g/mol. The molecule has 2 bridgehead atoms. The standard InChI is InChI=1S/C26H25FN6O2/c27-22-23(20-8-17(34)7-14-3-1-2-4-19(14)20)28-9-21-24(22)30-26(33-12-18(35)13-33)31-25(21)32-10-15-5-6-16(11-32)29-15/h1-4,7-9,15-16,18,29,34-35H,5-6,10-13H2. The van der Waals surface area contributed by atoms with E-state index in [0.29, 0.717) is 47.9 Å². The Bertz CT molecular complexity index is 1460. The van der Waals surface area contributed by atoms with E-state index in [-0.39, 0.29) is 17.0 Å². The highest BCUT2D eigenvalue weighted by Gasteiger charge is 2.35. The van der Waals surface area contributed by atoms with Crippen LogP contribution in [0.1, 0.15) is 12.8 Å². The lowest BCUT2D eigenvalue weighted by Gasteiger charge is -2.38. The number of rotatable bonds is 3. The average molecular weight is 473 g/mol. The number of halogens is 1. The minimum Gasteiger partial charge on any atom is -0.508 e. The Kier molecular flexibility index (Phi) is 4.59. The van der Waals surface area contributed by atoms with Gasteiger partial charge in [-0.05, 0) is 35.7 Å². The summed E-state index contributed by atoms with van der Waals surface area (Å²) in [5, 5.41) is 26.0. The van der Waals surface area contributed by atoms with Crippen LogP contribution in [-0.2, 0) is 0 Å². The van der Waals surface area contributed by atoms with Gasteiger partial charge in [-0.3, -0.25) is 4.98 Å². The minimum atomic E-state index is -0.540. The molecule has 2 atom stereocenters. The number of piperazine rings is 1. The largest absolute Gasteiger partial charge is 0.508 e. The molecule has 3 aliphatic rings. The summed E-state index contributed by atoms with van der Waals surface area (Å²) in [5.74, 6) is 0.612. The Morgan fingerprint density at radius 1 is 0.943 bits per heavy atom. The maximum absolute atomic E-state index is 16.2. The predicted octanol–water partition coefficient (Wildman–Crippen LogP) is 2.81. The third kappa shape index (κ3) is 3.37. The fraction of sp³-hybridized carbons (Fsp3) is 0.346. The average Bonchev–Trinajstić information content (AvgIpc) is 3.18. The van der Waals surface area contributed by atoms with Crippen molar-refractivity contribution in [2.24, 2.45) is 0 Å². The molecule has 9 heteroatoms. The number of benzene rings is 2. The highest BCUT2D eigenvalue weighted by molar-refractivity contribution is 6.00. The van der Waals surface area contributed by atoms with Crippen molar-refractivity contribution < 1.29 is 14.6 Å². The van der Waals surface area contributed by atoms with Gasteiger partial charge < -0.3 is 25.3 Å². The van der Waals surface area contributed by atoms with Crippen molar-refractivity contribution in [3.63, 3.8) is 0 Å². The number of nitrogens with zero attached hydrogens (tertiary/aromatic N) is 5. The molecule has 35 heavy (non-hydrogen) atoms. The number of phenols is 1. The number of aromatic nitrogens is 3. The number of aliphatic hydroxyl groups excluding tert-OH is 1. The molecular weight excluding hydrogens is 447 g/mol. The second-order valence-corrected chi connectivity index (χ2v) is 9.85. The molecule has 0 aliphatic carbocycles. The molecule has 0 spiro atoms.